The molecule has 0 unspecified atom stereocenters. The van der Waals surface area contributed by atoms with Gasteiger partial charge in [0.2, 0.25) is 0 Å². The van der Waals surface area contributed by atoms with E-state index >= 15 is 0 Å². The molecule has 0 saturated carbocycles. The van der Waals surface area contributed by atoms with E-state index in [-0.39, 0.29) is 18.3 Å². The van der Waals surface area contributed by atoms with Gasteiger partial charge in [0, 0.05) is 0 Å². The van der Waals surface area contributed by atoms with Crippen molar-refractivity contribution in [2.24, 2.45) is 0 Å². The van der Waals surface area contributed by atoms with E-state index in [9.17, 15) is 4.39 Å². The second-order valence-corrected chi connectivity index (χ2v) is 11.5. The molecule has 0 saturated heterocycles. The van der Waals surface area contributed by atoms with Gasteiger partial charge in [0.25, 0.3) is 0 Å². The zero-order valence-corrected chi connectivity index (χ0v) is 14.3. The number of hydrogen-bond donors (Lipinski definition) is 0. The lowest BCUT2D eigenvalue weighted by atomic mass is 10.2. The highest BCUT2D eigenvalue weighted by Gasteiger charge is 2.37. The van der Waals surface area contributed by atoms with Gasteiger partial charge in [-0.05, 0) is 23.7 Å². The summed E-state index contributed by atoms with van der Waals surface area (Å²) >= 11 is 0. The lowest BCUT2D eigenvalue weighted by Crippen LogP contribution is -2.42. The maximum Gasteiger partial charge on any atom is 0.192 e. The maximum absolute atomic E-state index is 13.8. The first-order valence-electron chi connectivity index (χ1n) is 7.12. The second kappa shape index (κ2) is 7.34. The van der Waals surface area contributed by atoms with Crippen LogP contribution in [0.15, 0.2) is 30.3 Å². The van der Waals surface area contributed by atoms with Crippen LogP contribution < -0.4 is 0 Å². The summed E-state index contributed by atoms with van der Waals surface area (Å²) in [6, 6.07) is 9.80. The third kappa shape index (κ3) is 5.73. The zero-order chi connectivity index (χ0) is 15.2. The molecule has 0 radical (unpaired) electrons. The van der Waals surface area contributed by atoms with Crippen LogP contribution in [0.4, 0.5) is 4.39 Å². The molecule has 0 fully saturated rings. The average molecular weight is 298 g/mol. The number of ether oxygens (including phenoxy) is 1. The molecule has 0 bridgehead atoms. The van der Waals surface area contributed by atoms with Crippen molar-refractivity contribution >= 4 is 8.32 Å². The summed E-state index contributed by atoms with van der Waals surface area (Å²) in [6.45, 7) is 11.4. The minimum absolute atomic E-state index is 0.0868. The van der Waals surface area contributed by atoms with Gasteiger partial charge in [-0.1, -0.05) is 51.1 Å². The van der Waals surface area contributed by atoms with Gasteiger partial charge >= 0.3 is 0 Å². The topological polar surface area (TPSA) is 18.5 Å². The third-order valence-electron chi connectivity index (χ3n) is 3.84. The summed E-state index contributed by atoms with van der Waals surface area (Å²) in [4.78, 5) is 0. The lowest BCUT2D eigenvalue weighted by molar-refractivity contribution is 0.0461. The van der Waals surface area contributed by atoms with E-state index in [4.69, 9.17) is 9.16 Å². The van der Waals surface area contributed by atoms with Gasteiger partial charge in [-0.3, -0.25) is 0 Å². The van der Waals surface area contributed by atoms with Crippen molar-refractivity contribution in [3.05, 3.63) is 35.9 Å². The molecule has 4 heteroatoms. The molecule has 1 rings (SSSR count). The van der Waals surface area contributed by atoms with Crippen LogP contribution in [0.1, 0.15) is 26.3 Å². The molecule has 1 aromatic carbocycles. The Hall–Kier alpha value is -0.713. The predicted octanol–water partition coefficient (Wildman–Crippen LogP) is 4.56. The Labute approximate surface area is 123 Å². The van der Waals surface area contributed by atoms with E-state index in [0.29, 0.717) is 6.61 Å². The van der Waals surface area contributed by atoms with Crippen molar-refractivity contribution < 1.29 is 13.6 Å². The Morgan fingerprint density at radius 1 is 1.10 bits per heavy atom. The molecule has 0 aromatic heterocycles. The predicted molar refractivity (Wildman–Crippen MR) is 84.1 cm³/mol. The molecule has 0 aliphatic heterocycles. The number of benzene rings is 1. The summed E-state index contributed by atoms with van der Waals surface area (Å²) in [7, 11) is -1.87. The minimum Gasteiger partial charge on any atom is -0.414 e. The molecule has 1 atom stereocenters. The molecule has 1 aromatic rings. The van der Waals surface area contributed by atoms with Crippen LogP contribution in [0.5, 0.6) is 0 Å². The molecular formula is C16H27FO2Si. The summed E-state index contributed by atoms with van der Waals surface area (Å²) in [5, 5.41) is 0.109. The van der Waals surface area contributed by atoms with Crippen molar-refractivity contribution in [3.8, 4) is 0 Å². The van der Waals surface area contributed by atoms with E-state index < -0.39 is 14.5 Å². The van der Waals surface area contributed by atoms with Gasteiger partial charge in [0.1, 0.15) is 6.17 Å². The largest absolute Gasteiger partial charge is 0.414 e. The Balaban J connectivity index is 2.26. The number of halogens is 1. The number of rotatable bonds is 7. The third-order valence-corrected chi connectivity index (χ3v) is 8.34. The van der Waals surface area contributed by atoms with Crippen LogP contribution >= 0.6 is 0 Å². The average Bonchev–Trinajstić information content (AvgIpc) is 2.36. The normalized spacial score (nSPS) is 14.3. The first-order valence-corrected chi connectivity index (χ1v) is 10.0. The van der Waals surface area contributed by atoms with Gasteiger partial charge in [0.05, 0.1) is 19.8 Å². The smallest absolute Gasteiger partial charge is 0.192 e. The molecular weight excluding hydrogens is 271 g/mol. The molecule has 0 aliphatic rings. The van der Waals surface area contributed by atoms with Gasteiger partial charge in [0.15, 0.2) is 8.32 Å². The molecule has 20 heavy (non-hydrogen) atoms. The van der Waals surface area contributed by atoms with Crippen LogP contribution in [0.2, 0.25) is 18.1 Å². The van der Waals surface area contributed by atoms with Crippen LogP contribution in [-0.2, 0) is 15.8 Å². The van der Waals surface area contributed by atoms with Gasteiger partial charge in [-0.25, -0.2) is 4.39 Å². The minimum atomic E-state index is -1.87. The Morgan fingerprint density at radius 3 is 2.25 bits per heavy atom. The monoisotopic (exact) mass is 298 g/mol. The van der Waals surface area contributed by atoms with E-state index in [0.717, 1.165) is 5.56 Å². The highest BCUT2D eigenvalue weighted by molar-refractivity contribution is 6.74. The van der Waals surface area contributed by atoms with Crippen molar-refractivity contribution in [2.45, 2.75) is 51.7 Å². The van der Waals surface area contributed by atoms with E-state index in [1.807, 2.05) is 30.3 Å². The van der Waals surface area contributed by atoms with Crippen molar-refractivity contribution in [2.75, 3.05) is 13.2 Å². The standard InChI is InChI=1S/C16H27FO2Si/c1-16(2,3)20(4,5)19-13-15(17)12-18-11-14-9-7-6-8-10-14/h6-10,15H,11-13H2,1-5H3/t15-/m0/s1. The van der Waals surface area contributed by atoms with Gasteiger partial charge in [-0.2, -0.15) is 0 Å². The molecule has 0 heterocycles. The van der Waals surface area contributed by atoms with E-state index in [1.54, 1.807) is 0 Å². The number of alkyl halides is 1. The molecule has 0 aliphatic carbocycles. The quantitative estimate of drug-likeness (QED) is 0.687. The summed E-state index contributed by atoms with van der Waals surface area (Å²) in [5.74, 6) is 0. The van der Waals surface area contributed by atoms with E-state index in [1.165, 1.54) is 0 Å². The molecule has 0 N–H and O–H groups in total. The fourth-order valence-corrected chi connectivity index (χ4v) is 2.47. The Kier molecular flexibility index (Phi) is 6.36. The van der Waals surface area contributed by atoms with E-state index in [2.05, 4.69) is 33.9 Å². The SMILES string of the molecule is CC(C)(C)[Si](C)(C)OC[C@@H](F)COCc1ccccc1. The zero-order valence-electron chi connectivity index (χ0n) is 13.3. The highest BCUT2D eigenvalue weighted by Crippen LogP contribution is 2.36. The van der Waals surface area contributed by atoms with Crippen molar-refractivity contribution in [1.82, 2.24) is 0 Å². The second-order valence-electron chi connectivity index (χ2n) is 6.67. The lowest BCUT2D eigenvalue weighted by Gasteiger charge is -2.36. The van der Waals surface area contributed by atoms with Crippen LogP contribution in [0, 0.1) is 0 Å². The molecule has 114 valence electrons. The highest BCUT2D eigenvalue weighted by atomic mass is 28.4. The summed E-state index contributed by atoms with van der Waals surface area (Å²) in [6.07, 6.45) is -1.06. The Bertz CT molecular complexity index is 387. The van der Waals surface area contributed by atoms with Gasteiger partial charge in [-0.15, -0.1) is 0 Å². The van der Waals surface area contributed by atoms with Crippen molar-refractivity contribution in [1.29, 1.82) is 0 Å². The van der Waals surface area contributed by atoms with Crippen LogP contribution in [-0.4, -0.2) is 27.7 Å². The van der Waals surface area contributed by atoms with Gasteiger partial charge < -0.3 is 9.16 Å². The summed E-state index contributed by atoms with van der Waals surface area (Å²) < 4.78 is 25.0. The number of hydrogen-bond acceptors (Lipinski definition) is 2. The first kappa shape index (κ1) is 17.3. The first-order chi connectivity index (χ1) is 9.22. The summed E-state index contributed by atoms with van der Waals surface area (Å²) in [5.41, 5.74) is 1.06. The van der Waals surface area contributed by atoms with Crippen LogP contribution in [0.3, 0.4) is 0 Å². The molecule has 0 spiro atoms. The fraction of sp³-hybridized carbons (Fsp3) is 0.625. The fourth-order valence-electron chi connectivity index (χ4n) is 1.44. The van der Waals surface area contributed by atoms with Crippen LogP contribution in [0.25, 0.3) is 0 Å². The maximum atomic E-state index is 13.8. The molecule has 2 nitrogen and oxygen atoms in total. The van der Waals surface area contributed by atoms with Crippen molar-refractivity contribution in [3.63, 3.8) is 0 Å². The Morgan fingerprint density at radius 2 is 1.70 bits per heavy atom. The molecule has 0 amide bonds.